The monoisotopic (exact) mass is 635 g/mol. The number of aromatic nitrogens is 2. The lowest BCUT2D eigenvalue weighted by Crippen LogP contribution is -1.99. The molecule has 0 atom stereocenters. The smallest absolute Gasteiger partial charge is 0.196 e. The van der Waals surface area contributed by atoms with Gasteiger partial charge in [-0.05, 0) is 89.0 Å². The predicted molar refractivity (Wildman–Crippen MR) is 202 cm³/mol. The molecule has 0 aliphatic rings. The molecule has 0 saturated carbocycles. The highest BCUT2D eigenvalue weighted by Crippen LogP contribution is 2.45. The van der Waals surface area contributed by atoms with Crippen LogP contribution < -0.4 is 0 Å². The number of fused-ring (bicyclic) bond motifs is 6. The van der Waals surface area contributed by atoms with Crippen molar-refractivity contribution in [2.24, 2.45) is 0 Å². The molecule has 2 aromatic heterocycles. The van der Waals surface area contributed by atoms with E-state index in [1.54, 1.807) is 6.07 Å². The Kier molecular flexibility index (Phi) is 6.56. The Bertz CT molecular complexity index is 2900. The van der Waals surface area contributed by atoms with E-state index in [4.69, 9.17) is 6.57 Å². The van der Waals surface area contributed by atoms with Crippen molar-refractivity contribution < 1.29 is 0 Å². The molecular formula is C45H25N5. The maximum atomic E-state index is 10.1. The number of nitrogens with zero attached hydrogens (tertiary/aromatic N) is 5. The molecule has 0 fully saturated rings. The lowest BCUT2D eigenvalue weighted by molar-refractivity contribution is 1.18. The Morgan fingerprint density at radius 3 is 1.68 bits per heavy atom. The first-order chi connectivity index (χ1) is 24.7. The van der Waals surface area contributed by atoms with Gasteiger partial charge < -0.3 is 9.13 Å². The quantitative estimate of drug-likeness (QED) is 0.181. The largest absolute Gasteiger partial charge is 0.309 e. The zero-order valence-electron chi connectivity index (χ0n) is 26.7. The summed E-state index contributed by atoms with van der Waals surface area (Å²) < 4.78 is 4.49. The fourth-order valence-corrected chi connectivity index (χ4v) is 7.46. The van der Waals surface area contributed by atoms with Crippen molar-refractivity contribution in [3.05, 3.63) is 174 Å². The number of hydrogen-bond donors (Lipinski definition) is 0. The molecule has 0 aliphatic carbocycles. The highest BCUT2D eigenvalue weighted by Gasteiger charge is 2.21. The van der Waals surface area contributed by atoms with E-state index in [0.717, 1.165) is 66.5 Å². The third-order valence-corrected chi connectivity index (χ3v) is 9.60. The molecule has 0 unspecified atom stereocenters. The molecular weight excluding hydrogens is 611 g/mol. The average molecular weight is 636 g/mol. The standard InChI is InChI=1S/C45H25N5/c1-48-39-26-30(28-47)25-37(31-19-21-32(22-20-31)49-40-14-6-2-10-33(40)34-11-3-7-15-41(34)49)45(39)36-13-5-9-17-43(36)50-42-16-8-4-12-35(42)38-24-29(27-46)18-23-44(38)50/h2-26H. The molecule has 0 bridgehead atoms. The summed E-state index contributed by atoms with van der Waals surface area (Å²) in [4.78, 5) is 3.99. The van der Waals surface area contributed by atoms with Gasteiger partial charge in [-0.2, -0.15) is 10.5 Å². The lowest BCUT2D eigenvalue weighted by atomic mass is 9.90. The first-order valence-corrected chi connectivity index (χ1v) is 16.3. The number of nitriles is 2. The lowest BCUT2D eigenvalue weighted by Gasteiger charge is -2.19. The maximum Gasteiger partial charge on any atom is 0.196 e. The first kappa shape index (κ1) is 28.8. The average Bonchev–Trinajstić information content (AvgIpc) is 3.70. The van der Waals surface area contributed by atoms with Crippen LogP contribution in [0.1, 0.15) is 11.1 Å². The minimum absolute atomic E-state index is 0.408. The van der Waals surface area contributed by atoms with Crippen LogP contribution in [0.4, 0.5) is 5.69 Å². The molecule has 0 aliphatic heterocycles. The fraction of sp³-hybridized carbons (Fsp3) is 0. The van der Waals surface area contributed by atoms with Crippen molar-refractivity contribution in [1.29, 1.82) is 10.5 Å². The molecule has 0 spiro atoms. The van der Waals surface area contributed by atoms with Crippen LogP contribution in [-0.4, -0.2) is 9.13 Å². The summed E-state index contributed by atoms with van der Waals surface area (Å²) in [7, 11) is 0. The van der Waals surface area contributed by atoms with E-state index in [0.29, 0.717) is 16.8 Å². The number of para-hydroxylation sites is 4. The summed E-state index contributed by atoms with van der Waals surface area (Å²) in [5.74, 6) is 0. The Morgan fingerprint density at radius 2 is 1.04 bits per heavy atom. The second-order valence-corrected chi connectivity index (χ2v) is 12.3. The second kappa shape index (κ2) is 11.4. The van der Waals surface area contributed by atoms with E-state index in [1.165, 1.54) is 10.8 Å². The van der Waals surface area contributed by atoms with Gasteiger partial charge in [-0.1, -0.05) is 84.9 Å². The molecule has 9 aromatic rings. The topological polar surface area (TPSA) is 61.8 Å². The Labute approximate surface area is 288 Å². The number of rotatable bonds is 4. The second-order valence-electron chi connectivity index (χ2n) is 12.3. The Hall–Kier alpha value is -7.39. The van der Waals surface area contributed by atoms with E-state index >= 15 is 0 Å². The van der Waals surface area contributed by atoms with Gasteiger partial charge in [0.1, 0.15) is 0 Å². The normalized spacial score (nSPS) is 11.1. The van der Waals surface area contributed by atoms with Gasteiger partial charge in [0.05, 0.1) is 52.0 Å². The number of benzene rings is 7. The van der Waals surface area contributed by atoms with Crippen LogP contribution in [0.3, 0.4) is 0 Å². The van der Waals surface area contributed by atoms with Gasteiger partial charge >= 0.3 is 0 Å². The number of hydrogen-bond acceptors (Lipinski definition) is 2. The molecule has 7 aromatic carbocycles. The minimum atomic E-state index is 0.408. The van der Waals surface area contributed by atoms with Gasteiger partial charge in [0.15, 0.2) is 5.69 Å². The van der Waals surface area contributed by atoms with Crippen LogP contribution in [0.15, 0.2) is 152 Å². The molecule has 230 valence electrons. The van der Waals surface area contributed by atoms with Crippen molar-refractivity contribution in [2.75, 3.05) is 0 Å². The van der Waals surface area contributed by atoms with Gasteiger partial charge in [-0.15, -0.1) is 0 Å². The van der Waals surface area contributed by atoms with Gasteiger partial charge in [0, 0.05) is 32.8 Å². The molecule has 50 heavy (non-hydrogen) atoms. The van der Waals surface area contributed by atoms with Gasteiger partial charge in [0.2, 0.25) is 0 Å². The zero-order valence-corrected chi connectivity index (χ0v) is 26.7. The molecule has 0 radical (unpaired) electrons. The summed E-state index contributed by atoms with van der Waals surface area (Å²) in [5.41, 5.74) is 10.9. The summed E-state index contributed by atoms with van der Waals surface area (Å²) >= 11 is 0. The van der Waals surface area contributed by atoms with Gasteiger partial charge in [-0.25, -0.2) is 4.85 Å². The van der Waals surface area contributed by atoms with E-state index < -0.39 is 0 Å². The summed E-state index contributed by atoms with van der Waals surface area (Å²) in [6.07, 6.45) is 0. The van der Waals surface area contributed by atoms with Crippen LogP contribution in [0, 0.1) is 29.2 Å². The van der Waals surface area contributed by atoms with E-state index in [9.17, 15) is 10.5 Å². The summed E-state index contributed by atoms with van der Waals surface area (Å²) in [6.45, 7) is 8.27. The Balaban J connectivity index is 1.28. The highest BCUT2D eigenvalue weighted by atomic mass is 15.0. The van der Waals surface area contributed by atoms with Crippen LogP contribution in [-0.2, 0) is 0 Å². The van der Waals surface area contributed by atoms with Gasteiger partial charge in [0.25, 0.3) is 0 Å². The van der Waals surface area contributed by atoms with Crippen molar-refractivity contribution in [3.8, 4) is 45.8 Å². The van der Waals surface area contributed by atoms with E-state index in [2.05, 4.69) is 117 Å². The molecule has 5 nitrogen and oxygen atoms in total. The summed E-state index contributed by atoms with van der Waals surface area (Å²) in [5, 5.41) is 24.2. The molecule has 9 rings (SSSR count). The molecule has 5 heteroatoms. The molecule has 0 amide bonds. The first-order valence-electron chi connectivity index (χ1n) is 16.3. The van der Waals surface area contributed by atoms with Crippen molar-refractivity contribution >= 4 is 49.3 Å². The third kappa shape index (κ3) is 4.31. The fourth-order valence-electron chi connectivity index (χ4n) is 7.46. The predicted octanol–water partition coefficient (Wildman–Crippen LogP) is 11.5. The van der Waals surface area contributed by atoms with Crippen LogP contribution in [0.5, 0.6) is 0 Å². The third-order valence-electron chi connectivity index (χ3n) is 9.60. The SMILES string of the molecule is [C-]#[N+]c1cc(C#N)cc(-c2ccc(-n3c4ccccc4c4ccccc43)cc2)c1-c1ccccc1-n1c2ccccc2c2cc(C#N)ccc21. The maximum absolute atomic E-state index is 10.1. The van der Waals surface area contributed by atoms with Gasteiger partial charge in [-0.3, -0.25) is 0 Å². The highest BCUT2D eigenvalue weighted by molar-refractivity contribution is 6.11. The van der Waals surface area contributed by atoms with Crippen LogP contribution >= 0.6 is 0 Å². The van der Waals surface area contributed by atoms with Crippen molar-refractivity contribution in [3.63, 3.8) is 0 Å². The van der Waals surface area contributed by atoms with Crippen molar-refractivity contribution in [2.45, 2.75) is 0 Å². The van der Waals surface area contributed by atoms with E-state index in [1.807, 2.05) is 54.6 Å². The molecule has 0 saturated heterocycles. The van der Waals surface area contributed by atoms with Crippen LogP contribution in [0.2, 0.25) is 0 Å². The van der Waals surface area contributed by atoms with Crippen molar-refractivity contribution in [1.82, 2.24) is 9.13 Å². The van der Waals surface area contributed by atoms with Crippen LogP contribution in [0.25, 0.3) is 82.1 Å². The minimum Gasteiger partial charge on any atom is -0.309 e. The zero-order chi connectivity index (χ0) is 33.8. The molecule has 0 N–H and O–H groups in total. The van der Waals surface area contributed by atoms with E-state index in [-0.39, 0.29) is 0 Å². The Morgan fingerprint density at radius 1 is 0.480 bits per heavy atom. The molecule has 2 heterocycles. The summed E-state index contributed by atoms with van der Waals surface area (Å²) in [6, 6.07) is 55.5.